The van der Waals surface area contributed by atoms with Crippen LogP contribution in [0.3, 0.4) is 0 Å². The van der Waals surface area contributed by atoms with E-state index in [0.717, 1.165) is 0 Å². The van der Waals surface area contributed by atoms with Crippen LogP contribution in [0.2, 0.25) is 0 Å². The Bertz CT molecular complexity index is 440. The van der Waals surface area contributed by atoms with Crippen LogP contribution in [0.1, 0.15) is 5.56 Å². The lowest BCUT2D eigenvalue weighted by molar-refractivity contribution is 0.309. The van der Waals surface area contributed by atoms with Gasteiger partial charge >= 0.3 is 0 Å². The minimum Gasteiger partial charge on any atom is -0.265 e. The maximum Gasteiger partial charge on any atom is 0.271 e. The summed E-state index contributed by atoms with van der Waals surface area (Å²) in [4.78, 5) is 0. The molecule has 0 aliphatic heterocycles. The van der Waals surface area contributed by atoms with Gasteiger partial charge in [-0.3, -0.25) is 4.18 Å². The number of halogens is 1. The van der Waals surface area contributed by atoms with Crippen molar-refractivity contribution in [1.82, 2.24) is 0 Å². The first kappa shape index (κ1) is 11.9. The highest BCUT2D eigenvalue weighted by molar-refractivity contribution is 7.86. The largest absolute Gasteiger partial charge is 0.271 e. The van der Waals surface area contributed by atoms with Crippen molar-refractivity contribution in [2.24, 2.45) is 0 Å². The Kier molecular flexibility index (Phi) is 3.99. The Morgan fingerprint density at radius 3 is 2.80 bits per heavy atom. The number of benzene rings is 1. The molecule has 0 N–H and O–H groups in total. The number of hydrogen-bond acceptors (Lipinski definition) is 3. The van der Waals surface area contributed by atoms with Gasteiger partial charge < -0.3 is 0 Å². The molecule has 0 heterocycles. The smallest absolute Gasteiger partial charge is 0.265 e. The fraction of sp³-hybridized carbons (Fsp3) is 0.200. The zero-order valence-corrected chi connectivity index (χ0v) is 8.84. The minimum absolute atomic E-state index is 0.159. The van der Waals surface area contributed by atoms with E-state index in [1.807, 2.05) is 0 Å². The SMILES string of the molecule is C=CCS(=O)(=O)OCc1cccc(F)c1. The summed E-state index contributed by atoms with van der Waals surface area (Å²) in [6.45, 7) is 3.14. The van der Waals surface area contributed by atoms with Crippen molar-refractivity contribution in [3.63, 3.8) is 0 Å². The van der Waals surface area contributed by atoms with Gasteiger partial charge in [-0.15, -0.1) is 6.58 Å². The van der Waals surface area contributed by atoms with Crippen molar-refractivity contribution in [1.29, 1.82) is 0 Å². The van der Waals surface area contributed by atoms with Crippen LogP contribution in [0.4, 0.5) is 4.39 Å². The maximum absolute atomic E-state index is 12.7. The van der Waals surface area contributed by atoms with Gasteiger partial charge in [-0.1, -0.05) is 18.2 Å². The quantitative estimate of drug-likeness (QED) is 0.572. The van der Waals surface area contributed by atoms with E-state index >= 15 is 0 Å². The lowest BCUT2D eigenvalue weighted by atomic mass is 10.2. The summed E-state index contributed by atoms with van der Waals surface area (Å²) in [5, 5.41) is 0. The Balaban J connectivity index is 2.61. The monoisotopic (exact) mass is 230 g/mol. The fourth-order valence-electron chi connectivity index (χ4n) is 0.977. The predicted molar refractivity (Wildman–Crippen MR) is 55.2 cm³/mol. The topological polar surface area (TPSA) is 43.4 Å². The highest BCUT2D eigenvalue weighted by Gasteiger charge is 2.08. The zero-order chi connectivity index (χ0) is 11.3. The van der Waals surface area contributed by atoms with Crippen LogP contribution < -0.4 is 0 Å². The van der Waals surface area contributed by atoms with E-state index in [2.05, 4.69) is 10.8 Å². The van der Waals surface area contributed by atoms with Crippen molar-refractivity contribution in [2.75, 3.05) is 5.75 Å². The molecule has 0 atom stereocenters. The third-order valence-electron chi connectivity index (χ3n) is 1.62. The molecule has 15 heavy (non-hydrogen) atoms. The van der Waals surface area contributed by atoms with Gasteiger partial charge in [0.05, 0.1) is 12.4 Å². The van der Waals surface area contributed by atoms with Gasteiger partial charge in [-0.25, -0.2) is 4.39 Å². The maximum atomic E-state index is 12.7. The van der Waals surface area contributed by atoms with Crippen LogP contribution >= 0.6 is 0 Å². The molecule has 0 aliphatic rings. The van der Waals surface area contributed by atoms with E-state index in [-0.39, 0.29) is 12.4 Å². The molecular weight excluding hydrogens is 219 g/mol. The molecule has 5 heteroatoms. The average molecular weight is 230 g/mol. The second kappa shape index (κ2) is 5.04. The van der Waals surface area contributed by atoms with Gasteiger partial charge in [0.1, 0.15) is 5.82 Å². The van der Waals surface area contributed by atoms with Gasteiger partial charge in [-0.2, -0.15) is 8.42 Å². The molecule has 1 rings (SSSR count). The molecule has 0 saturated carbocycles. The molecule has 0 bridgehead atoms. The number of hydrogen-bond donors (Lipinski definition) is 0. The minimum atomic E-state index is -3.58. The summed E-state index contributed by atoms with van der Waals surface area (Å²) in [6.07, 6.45) is 1.24. The van der Waals surface area contributed by atoms with Crippen molar-refractivity contribution >= 4 is 10.1 Å². The zero-order valence-electron chi connectivity index (χ0n) is 8.02. The van der Waals surface area contributed by atoms with Gasteiger partial charge in [0.2, 0.25) is 0 Å². The molecule has 1 aromatic carbocycles. The summed E-state index contributed by atoms with van der Waals surface area (Å²) in [7, 11) is -3.58. The van der Waals surface area contributed by atoms with Gasteiger partial charge in [-0.05, 0) is 17.7 Å². The summed E-state index contributed by atoms with van der Waals surface area (Å²) >= 11 is 0. The number of rotatable bonds is 5. The summed E-state index contributed by atoms with van der Waals surface area (Å²) in [5.41, 5.74) is 0.475. The predicted octanol–water partition coefficient (Wildman–Crippen LogP) is 1.86. The molecule has 0 saturated heterocycles. The first-order valence-electron chi connectivity index (χ1n) is 4.26. The van der Waals surface area contributed by atoms with Crippen molar-refractivity contribution in [2.45, 2.75) is 6.61 Å². The lowest BCUT2D eigenvalue weighted by Gasteiger charge is -2.03. The molecule has 82 valence electrons. The van der Waals surface area contributed by atoms with Crippen LogP contribution in [-0.4, -0.2) is 14.2 Å². The third-order valence-corrected chi connectivity index (χ3v) is 2.74. The Morgan fingerprint density at radius 1 is 1.47 bits per heavy atom. The molecule has 1 aromatic rings. The molecule has 0 fully saturated rings. The molecule has 0 unspecified atom stereocenters. The normalized spacial score (nSPS) is 11.3. The fourth-order valence-corrected chi connectivity index (χ4v) is 1.68. The first-order valence-corrected chi connectivity index (χ1v) is 5.84. The van der Waals surface area contributed by atoms with Crippen LogP contribution in [0.25, 0.3) is 0 Å². The first-order chi connectivity index (χ1) is 7.03. The van der Waals surface area contributed by atoms with Crippen LogP contribution in [0, 0.1) is 5.82 Å². The summed E-state index contributed by atoms with van der Waals surface area (Å²) in [5.74, 6) is -0.667. The Labute approximate surface area is 88.3 Å². The Morgan fingerprint density at radius 2 is 2.20 bits per heavy atom. The summed E-state index contributed by atoms with van der Waals surface area (Å²) in [6, 6.07) is 5.59. The molecule has 0 aliphatic carbocycles. The van der Waals surface area contributed by atoms with E-state index < -0.39 is 15.9 Å². The Hall–Kier alpha value is -1.20. The van der Waals surface area contributed by atoms with Crippen molar-refractivity contribution < 1.29 is 17.0 Å². The average Bonchev–Trinajstić information content (AvgIpc) is 2.15. The van der Waals surface area contributed by atoms with E-state index in [9.17, 15) is 12.8 Å². The van der Waals surface area contributed by atoms with E-state index in [1.165, 1.54) is 24.3 Å². The highest BCUT2D eigenvalue weighted by atomic mass is 32.2. The van der Waals surface area contributed by atoms with Crippen molar-refractivity contribution in [3.8, 4) is 0 Å². The molecule has 0 amide bonds. The second-order valence-corrected chi connectivity index (χ2v) is 4.59. The van der Waals surface area contributed by atoms with Crippen LogP contribution in [0.5, 0.6) is 0 Å². The van der Waals surface area contributed by atoms with E-state index in [4.69, 9.17) is 0 Å². The summed E-state index contributed by atoms with van der Waals surface area (Å²) < 4.78 is 39.6. The molecule has 0 aromatic heterocycles. The third kappa shape index (κ3) is 4.22. The van der Waals surface area contributed by atoms with E-state index in [1.54, 1.807) is 6.07 Å². The molecular formula is C10H11FO3S. The van der Waals surface area contributed by atoms with Crippen LogP contribution in [-0.2, 0) is 20.9 Å². The highest BCUT2D eigenvalue weighted by Crippen LogP contribution is 2.07. The standard InChI is InChI=1S/C10H11FO3S/c1-2-6-15(12,13)14-8-9-4-3-5-10(11)7-9/h2-5,7H,1,6,8H2. The van der Waals surface area contributed by atoms with Gasteiger partial charge in [0, 0.05) is 0 Å². The van der Waals surface area contributed by atoms with Crippen molar-refractivity contribution in [3.05, 3.63) is 48.3 Å². The molecule has 3 nitrogen and oxygen atoms in total. The second-order valence-electron chi connectivity index (χ2n) is 2.91. The van der Waals surface area contributed by atoms with Crippen LogP contribution in [0.15, 0.2) is 36.9 Å². The van der Waals surface area contributed by atoms with E-state index in [0.29, 0.717) is 5.56 Å². The van der Waals surface area contributed by atoms with Gasteiger partial charge in [0.15, 0.2) is 0 Å². The van der Waals surface area contributed by atoms with Gasteiger partial charge in [0.25, 0.3) is 10.1 Å². The lowest BCUT2D eigenvalue weighted by Crippen LogP contribution is -2.08. The molecule has 0 spiro atoms. The molecule has 0 radical (unpaired) electrons.